The Kier molecular flexibility index (Phi) is 4.17. The van der Waals surface area contributed by atoms with Crippen molar-refractivity contribution in [2.45, 2.75) is 18.4 Å². The standard InChI is InChI=1S/C18H21FN4O2/c1-23-10-11(7-21-23)13-8-20-9-14(13)18(24)22-16-5-6-25-17-12(16)3-2-4-15(17)19/h2-4,7,10,13-14,16,20H,5-6,8-9H2,1H3,(H,22,24)/t13-,14+,16-/m1/s1. The highest BCUT2D eigenvalue weighted by Crippen LogP contribution is 2.35. The number of benzene rings is 1. The van der Waals surface area contributed by atoms with Crippen LogP contribution in [-0.4, -0.2) is 35.4 Å². The third-order valence-corrected chi connectivity index (χ3v) is 5.05. The number of hydrogen-bond donors (Lipinski definition) is 2. The molecular formula is C18H21FN4O2. The van der Waals surface area contributed by atoms with Crippen molar-refractivity contribution in [1.29, 1.82) is 0 Å². The van der Waals surface area contributed by atoms with Gasteiger partial charge in [-0.2, -0.15) is 5.10 Å². The summed E-state index contributed by atoms with van der Waals surface area (Å²) < 4.78 is 21.1. The average molecular weight is 344 g/mol. The largest absolute Gasteiger partial charge is 0.490 e. The van der Waals surface area contributed by atoms with Crippen molar-refractivity contribution in [3.8, 4) is 5.75 Å². The lowest BCUT2D eigenvalue weighted by atomic mass is 9.89. The first kappa shape index (κ1) is 16.1. The molecule has 6 nitrogen and oxygen atoms in total. The Balaban J connectivity index is 1.52. The monoisotopic (exact) mass is 344 g/mol. The number of halogens is 1. The van der Waals surface area contributed by atoms with Crippen LogP contribution in [0.2, 0.25) is 0 Å². The van der Waals surface area contributed by atoms with Gasteiger partial charge < -0.3 is 15.4 Å². The molecule has 1 aromatic carbocycles. The van der Waals surface area contributed by atoms with Gasteiger partial charge in [-0.05, 0) is 11.6 Å². The molecule has 1 fully saturated rings. The molecule has 0 radical (unpaired) electrons. The molecule has 3 atom stereocenters. The number of nitrogens with one attached hydrogen (secondary N) is 2. The molecule has 1 aromatic heterocycles. The second-order valence-electron chi connectivity index (χ2n) is 6.68. The summed E-state index contributed by atoms with van der Waals surface area (Å²) in [5.41, 5.74) is 1.77. The van der Waals surface area contributed by atoms with Crippen molar-refractivity contribution in [3.05, 3.63) is 47.5 Å². The number of carbonyl (C=O) groups is 1. The van der Waals surface area contributed by atoms with Gasteiger partial charge in [-0.3, -0.25) is 9.48 Å². The zero-order valence-corrected chi connectivity index (χ0v) is 14.0. The van der Waals surface area contributed by atoms with Crippen molar-refractivity contribution in [2.24, 2.45) is 13.0 Å². The number of ether oxygens (including phenoxy) is 1. The molecule has 0 aliphatic carbocycles. The third kappa shape index (κ3) is 3.00. The summed E-state index contributed by atoms with van der Waals surface area (Å²) >= 11 is 0. The molecule has 7 heteroatoms. The van der Waals surface area contributed by atoms with E-state index >= 15 is 0 Å². The molecule has 0 spiro atoms. The quantitative estimate of drug-likeness (QED) is 0.886. The summed E-state index contributed by atoms with van der Waals surface area (Å²) in [6.45, 7) is 1.78. The van der Waals surface area contributed by atoms with Crippen LogP contribution in [0.1, 0.15) is 29.5 Å². The fraction of sp³-hybridized carbons (Fsp3) is 0.444. The SMILES string of the molecule is Cn1cc([C@H]2CNC[C@@H]2C(=O)N[C@@H]2CCOc3c(F)cccc32)cn1. The summed E-state index contributed by atoms with van der Waals surface area (Å²) in [5, 5.41) is 10.6. The predicted molar refractivity (Wildman–Crippen MR) is 89.7 cm³/mol. The molecule has 25 heavy (non-hydrogen) atoms. The van der Waals surface area contributed by atoms with Crippen LogP contribution >= 0.6 is 0 Å². The van der Waals surface area contributed by atoms with Gasteiger partial charge in [0, 0.05) is 44.2 Å². The number of nitrogens with zero attached hydrogens (tertiary/aromatic N) is 2. The van der Waals surface area contributed by atoms with Gasteiger partial charge in [0.1, 0.15) is 0 Å². The van der Waals surface area contributed by atoms with Crippen molar-refractivity contribution in [2.75, 3.05) is 19.7 Å². The van der Waals surface area contributed by atoms with Crippen molar-refractivity contribution in [3.63, 3.8) is 0 Å². The fourth-order valence-corrected chi connectivity index (χ4v) is 3.75. The Morgan fingerprint density at radius 1 is 1.44 bits per heavy atom. The number of aryl methyl sites for hydroxylation is 1. The lowest BCUT2D eigenvalue weighted by molar-refractivity contribution is -0.125. The first-order chi connectivity index (χ1) is 12.1. The molecule has 0 saturated carbocycles. The molecule has 2 N–H and O–H groups in total. The Hall–Kier alpha value is -2.41. The minimum absolute atomic E-state index is 0.0130. The topological polar surface area (TPSA) is 68.2 Å². The van der Waals surface area contributed by atoms with E-state index in [2.05, 4.69) is 15.7 Å². The van der Waals surface area contributed by atoms with E-state index in [9.17, 15) is 9.18 Å². The van der Waals surface area contributed by atoms with Gasteiger partial charge in [-0.1, -0.05) is 12.1 Å². The van der Waals surface area contributed by atoms with E-state index in [0.29, 0.717) is 25.1 Å². The van der Waals surface area contributed by atoms with Crippen molar-refractivity contribution in [1.82, 2.24) is 20.4 Å². The van der Waals surface area contributed by atoms with E-state index in [-0.39, 0.29) is 35.4 Å². The Labute approximate surface area is 145 Å². The molecule has 1 amide bonds. The molecule has 0 unspecified atom stereocenters. The van der Waals surface area contributed by atoms with Crippen LogP contribution in [0.5, 0.6) is 5.75 Å². The normalized spacial score (nSPS) is 25.3. The maximum Gasteiger partial charge on any atom is 0.225 e. The number of carbonyl (C=O) groups excluding carboxylic acids is 1. The van der Waals surface area contributed by atoms with Gasteiger partial charge in [0.2, 0.25) is 5.91 Å². The minimum atomic E-state index is -0.382. The lowest BCUT2D eigenvalue weighted by Crippen LogP contribution is -2.38. The second-order valence-corrected chi connectivity index (χ2v) is 6.68. The van der Waals surface area contributed by atoms with Crippen LogP contribution in [0.4, 0.5) is 4.39 Å². The van der Waals surface area contributed by atoms with Gasteiger partial charge in [0.05, 0.1) is 24.8 Å². The maximum absolute atomic E-state index is 13.9. The fourth-order valence-electron chi connectivity index (χ4n) is 3.75. The number of amides is 1. The molecule has 4 rings (SSSR count). The smallest absolute Gasteiger partial charge is 0.225 e. The predicted octanol–water partition coefficient (Wildman–Crippen LogP) is 1.50. The van der Waals surface area contributed by atoms with E-state index in [1.807, 2.05) is 25.5 Å². The zero-order chi connectivity index (χ0) is 17.4. The van der Waals surface area contributed by atoms with Crippen LogP contribution in [0.25, 0.3) is 0 Å². The van der Waals surface area contributed by atoms with Gasteiger partial charge >= 0.3 is 0 Å². The second kappa shape index (κ2) is 6.48. The van der Waals surface area contributed by atoms with Crippen LogP contribution in [-0.2, 0) is 11.8 Å². The maximum atomic E-state index is 13.9. The molecule has 132 valence electrons. The highest BCUT2D eigenvalue weighted by atomic mass is 19.1. The van der Waals surface area contributed by atoms with Crippen molar-refractivity contribution >= 4 is 5.91 Å². The van der Waals surface area contributed by atoms with E-state index in [1.54, 1.807) is 10.7 Å². The summed E-state index contributed by atoms with van der Waals surface area (Å²) in [6.07, 6.45) is 4.41. The zero-order valence-electron chi connectivity index (χ0n) is 14.0. The molecular weight excluding hydrogens is 323 g/mol. The number of aromatic nitrogens is 2. The summed E-state index contributed by atoms with van der Waals surface area (Å²) in [4.78, 5) is 12.9. The van der Waals surface area contributed by atoms with Crippen LogP contribution < -0.4 is 15.4 Å². The molecule has 0 bridgehead atoms. The van der Waals surface area contributed by atoms with Gasteiger partial charge in [0.15, 0.2) is 11.6 Å². The van der Waals surface area contributed by atoms with Gasteiger partial charge in [-0.15, -0.1) is 0 Å². The molecule has 2 aliphatic rings. The van der Waals surface area contributed by atoms with Crippen LogP contribution in [0.3, 0.4) is 0 Å². The van der Waals surface area contributed by atoms with Gasteiger partial charge in [0.25, 0.3) is 0 Å². The van der Waals surface area contributed by atoms with Crippen molar-refractivity contribution < 1.29 is 13.9 Å². The number of hydrogen-bond acceptors (Lipinski definition) is 4. The molecule has 2 aromatic rings. The molecule has 2 aliphatic heterocycles. The average Bonchev–Trinajstić information content (AvgIpc) is 3.24. The first-order valence-corrected chi connectivity index (χ1v) is 8.54. The van der Waals surface area contributed by atoms with Crippen LogP contribution in [0, 0.1) is 11.7 Å². The highest BCUT2D eigenvalue weighted by Gasteiger charge is 2.36. The van der Waals surface area contributed by atoms with Crippen LogP contribution in [0.15, 0.2) is 30.6 Å². The first-order valence-electron chi connectivity index (χ1n) is 8.54. The van der Waals surface area contributed by atoms with E-state index in [0.717, 1.165) is 12.1 Å². The summed E-state index contributed by atoms with van der Waals surface area (Å²) in [6, 6.07) is 4.62. The number of rotatable bonds is 3. The summed E-state index contributed by atoms with van der Waals surface area (Å²) in [7, 11) is 1.87. The number of fused-ring (bicyclic) bond motifs is 1. The lowest BCUT2D eigenvalue weighted by Gasteiger charge is -2.28. The van der Waals surface area contributed by atoms with E-state index < -0.39 is 0 Å². The Bertz CT molecular complexity index is 791. The minimum Gasteiger partial charge on any atom is -0.490 e. The third-order valence-electron chi connectivity index (χ3n) is 5.05. The molecule has 3 heterocycles. The summed E-state index contributed by atoms with van der Waals surface area (Å²) in [5.74, 6) is -0.204. The Morgan fingerprint density at radius 2 is 2.32 bits per heavy atom. The Morgan fingerprint density at radius 3 is 3.12 bits per heavy atom. The number of para-hydroxylation sites is 1. The molecule has 1 saturated heterocycles. The van der Waals surface area contributed by atoms with E-state index in [1.165, 1.54) is 6.07 Å². The van der Waals surface area contributed by atoms with Gasteiger partial charge in [-0.25, -0.2) is 4.39 Å². The van der Waals surface area contributed by atoms with E-state index in [4.69, 9.17) is 4.74 Å². The highest BCUT2D eigenvalue weighted by molar-refractivity contribution is 5.81.